The highest BCUT2D eigenvalue weighted by atomic mass is 79.9. The first-order valence-electron chi connectivity index (χ1n) is 5.64. The molecule has 0 aliphatic rings. The van der Waals surface area contributed by atoms with Crippen LogP contribution in [0.1, 0.15) is 5.56 Å². The number of hydrogen-bond acceptors (Lipinski definition) is 2. The van der Waals surface area contributed by atoms with E-state index in [1.807, 2.05) is 0 Å². The summed E-state index contributed by atoms with van der Waals surface area (Å²) in [5.41, 5.74) is 7.69. The van der Waals surface area contributed by atoms with Gasteiger partial charge in [0.05, 0.1) is 6.42 Å². The molecule has 0 radical (unpaired) electrons. The van der Waals surface area contributed by atoms with Gasteiger partial charge in [-0.1, -0.05) is 12.1 Å². The molecule has 0 bridgehead atoms. The van der Waals surface area contributed by atoms with Gasteiger partial charge in [-0.05, 0) is 51.8 Å². The third-order valence-corrected chi connectivity index (χ3v) is 3.25. The molecule has 0 saturated heterocycles. The quantitative estimate of drug-likeness (QED) is 0.851. The van der Waals surface area contributed by atoms with Gasteiger partial charge in [-0.3, -0.25) is 4.79 Å². The van der Waals surface area contributed by atoms with E-state index in [1.54, 1.807) is 30.3 Å². The van der Waals surface area contributed by atoms with Crippen LogP contribution in [-0.2, 0) is 11.2 Å². The number of nitrogen functional groups attached to an aromatic ring is 1. The van der Waals surface area contributed by atoms with E-state index in [0.29, 0.717) is 11.4 Å². The van der Waals surface area contributed by atoms with Crippen LogP contribution in [0.5, 0.6) is 0 Å². The molecule has 3 nitrogen and oxygen atoms in total. The van der Waals surface area contributed by atoms with Crippen molar-refractivity contribution in [2.75, 3.05) is 11.1 Å². The molecule has 5 heteroatoms. The largest absolute Gasteiger partial charge is 0.398 e. The Bertz CT molecular complexity index is 599. The lowest BCUT2D eigenvalue weighted by atomic mass is 10.1. The van der Waals surface area contributed by atoms with Gasteiger partial charge in [0.1, 0.15) is 5.82 Å². The fraction of sp³-hybridized carbons (Fsp3) is 0.0714. The van der Waals surface area contributed by atoms with Gasteiger partial charge in [-0.15, -0.1) is 0 Å². The summed E-state index contributed by atoms with van der Waals surface area (Å²) in [6, 6.07) is 11.0. The summed E-state index contributed by atoms with van der Waals surface area (Å²) in [4.78, 5) is 11.8. The normalized spacial score (nSPS) is 10.2. The fourth-order valence-electron chi connectivity index (χ4n) is 1.60. The van der Waals surface area contributed by atoms with Crippen molar-refractivity contribution in [3.8, 4) is 0 Å². The Hall–Kier alpha value is -1.88. The minimum Gasteiger partial charge on any atom is -0.398 e. The van der Waals surface area contributed by atoms with Crippen LogP contribution in [0.25, 0.3) is 0 Å². The lowest BCUT2D eigenvalue weighted by Crippen LogP contribution is -2.14. The number of rotatable bonds is 3. The Morgan fingerprint density at radius 2 is 1.89 bits per heavy atom. The van der Waals surface area contributed by atoms with Crippen molar-refractivity contribution in [3.63, 3.8) is 0 Å². The zero-order valence-corrected chi connectivity index (χ0v) is 11.6. The summed E-state index contributed by atoms with van der Waals surface area (Å²) in [5.74, 6) is -0.477. The van der Waals surface area contributed by atoms with E-state index in [9.17, 15) is 9.18 Å². The molecular formula is C14H12BrFN2O. The van der Waals surface area contributed by atoms with Crippen LogP contribution < -0.4 is 11.1 Å². The van der Waals surface area contributed by atoms with E-state index in [1.165, 1.54) is 12.1 Å². The Morgan fingerprint density at radius 3 is 2.53 bits per heavy atom. The first-order valence-corrected chi connectivity index (χ1v) is 6.43. The SMILES string of the molecule is Nc1ccc(NC(=O)Cc2ccc(F)cc2)cc1Br. The third-order valence-electron chi connectivity index (χ3n) is 2.56. The Morgan fingerprint density at radius 1 is 1.21 bits per heavy atom. The Balaban J connectivity index is 2.01. The van der Waals surface area contributed by atoms with Crippen molar-refractivity contribution in [2.24, 2.45) is 0 Å². The van der Waals surface area contributed by atoms with Crippen molar-refractivity contribution in [3.05, 3.63) is 58.3 Å². The van der Waals surface area contributed by atoms with Crippen LogP contribution in [0.3, 0.4) is 0 Å². The van der Waals surface area contributed by atoms with Gasteiger partial charge in [0.2, 0.25) is 5.91 Å². The number of nitrogens with one attached hydrogen (secondary N) is 1. The highest BCUT2D eigenvalue weighted by molar-refractivity contribution is 9.10. The number of carbonyl (C=O) groups excluding carboxylic acids is 1. The standard InChI is InChI=1S/C14H12BrFN2O/c15-12-8-11(5-6-13(12)17)18-14(19)7-9-1-3-10(16)4-2-9/h1-6,8H,7,17H2,(H,18,19). The predicted octanol–water partition coefficient (Wildman–Crippen LogP) is 3.35. The molecule has 0 unspecified atom stereocenters. The monoisotopic (exact) mass is 322 g/mol. The van der Waals surface area contributed by atoms with E-state index in [-0.39, 0.29) is 18.1 Å². The fourth-order valence-corrected chi connectivity index (χ4v) is 1.98. The van der Waals surface area contributed by atoms with Gasteiger partial charge in [-0.25, -0.2) is 4.39 Å². The van der Waals surface area contributed by atoms with Gasteiger partial charge >= 0.3 is 0 Å². The molecular weight excluding hydrogens is 311 g/mol. The highest BCUT2D eigenvalue weighted by Gasteiger charge is 2.05. The number of nitrogens with two attached hydrogens (primary N) is 1. The number of amides is 1. The molecule has 0 saturated carbocycles. The molecule has 0 aliphatic heterocycles. The van der Waals surface area contributed by atoms with Gasteiger partial charge in [0, 0.05) is 15.8 Å². The van der Waals surface area contributed by atoms with Crippen LogP contribution in [0.4, 0.5) is 15.8 Å². The average molecular weight is 323 g/mol. The number of halogens is 2. The summed E-state index contributed by atoms with van der Waals surface area (Å²) in [7, 11) is 0. The number of anilines is 2. The highest BCUT2D eigenvalue weighted by Crippen LogP contribution is 2.23. The molecule has 2 aromatic carbocycles. The molecule has 0 spiro atoms. The first-order chi connectivity index (χ1) is 9.04. The second kappa shape index (κ2) is 5.84. The van der Waals surface area contributed by atoms with Crippen molar-refractivity contribution in [1.82, 2.24) is 0 Å². The molecule has 1 amide bonds. The van der Waals surface area contributed by atoms with Crippen molar-refractivity contribution in [1.29, 1.82) is 0 Å². The van der Waals surface area contributed by atoms with Gasteiger partial charge < -0.3 is 11.1 Å². The molecule has 2 rings (SSSR count). The third kappa shape index (κ3) is 3.79. The van der Waals surface area contributed by atoms with Crippen LogP contribution in [0, 0.1) is 5.82 Å². The maximum atomic E-state index is 12.7. The Labute approximate surface area is 118 Å². The molecule has 0 aromatic heterocycles. The van der Waals surface area contributed by atoms with Crippen LogP contribution in [-0.4, -0.2) is 5.91 Å². The lowest BCUT2D eigenvalue weighted by molar-refractivity contribution is -0.115. The average Bonchev–Trinajstić information content (AvgIpc) is 2.37. The van der Waals surface area contributed by atoms with Crippen molar-refractivity contribution < 1.29 is 9.18 Å². The Kier molecular flexibility index (Phi) is 4.16. The zero-order valence-electron chi connectivity index (χ0n) is 9.99. The predicted molar refractivity (Wildman–Crippen MR) is 77.3 cm³/mol. The first kappa shape index (κ1) is 13.5. The van der Waals surface area contributed by atoms with E-state index in [2.05, 4.69) is 21.2 Å². The molecule has 0 aliphatic carbocycles. The molecule has 0 fully saturated rings. The lowest BCUT2D eigenvalue weighted by Gasteiger charge is -2.07. The number of hydrogen-bond donors (Lipinski definition) is 2. The minimum absolute atomic E-state index is 0.164. The maximum Gasteiger partial charge on any atom is 0.228 e. The van der Waals surface area contributed by atoms with E-state index in [4.69, 9.17) is 5.73 Å². The van der Waals surface area contributed by atoms with Crippen LogP contribution in [0.2, 0.25) is 0 Å². The summed E-state index contributed by atoms with van der Waals surface area (Å²) in [6.07, 6.45) is 0.197. The zero-order chi connectivity index (χ0) is 13.8. The number of carbonyl (C=O) groups is 1. The summed E-state index contributed by atoms with van der Waals surface area (Å²) in [5, 5.41) is 2.75. The molecule has 19 heavy (non-hydrogen) atoms. The molecule has 2 aromatic rings. The van der Waals surface area contributed by atoms with Crippen molar-refractivity contribution >= 4 is 33.2 Å². The van der Waals surface area contributed by atoms with Gasteiger partial charge in [0.25, 0.3) is 0 Å². The summed E-state index contributed by atoms with van der Waals surface area (Å²) >= 11 is 3.29. The summed E-state index contributed by atoms with van der Waals surface area (Å²) in [6.45, 7) is 0. The van der Waals surface area contributed by atoms with Gasteiger partial charge in [0.15, 0.2) is 0 Å². The second-order valence-electron chi connectivity index (χ2n) is 4.09. The van der Waals surface area contributed by atoms with Gasteiger partial charge in [-0.2, -0.15) is 0 Å². The molecule has 0 heterocycles. The number of benzene rings is 2. The second-order valence-corrected chi connectivity index (χ2v) is 4.94. The van der Waals surface area contributed by atoms with E-state index < -0.39 is 0 Å². The summed E-state index contributed by atoms with van der Waals surface area (Å²) < 4.78 is 13.5. The van der Waals surface area contributed by atoms with Crippen LogP contribution >= 0.6 is 15.9 Å². The molecule has 98 valence electrons. The van der Waals surface area contributed by atoms with Crippen LogP contribution in [0.15, 0.2) is 46.9 Å². The maximum absolute atomic E-state index is 12.7. The topological polar surface area (TPSA) is 55.1 Å². The van der Waals surface area contributed by atoms with E-state index in [0.717, 1.165) is 10.0 Å². The smallest absolute Gasteiger partial charge is 0.228 e. The van der Waals surface area contributed by atoms with Crippen molar-refractivity contribution in [2.45, 2.75) is 6.42 Å². The molecule has 0 atom stereocenters. The van der Waals surface area contributed by atoms with E-state index >= 15 is 0 Å². The minimum atomic E-state index is -0.313. The molecule has 3 N–H and O–H groups in total.